The van der Waals surface area contributed by atoms with E-state index in [0.29, 0.717) is 0 Å². The van der Waals surface area contributed by atoms with Gasteiger partial charge in [-0.05, 0) is 10.8 Å². The molecule has 0 unspecified atom stereocenters. The van der Waals surface area contributed by atoms with E-state index in [4.69, 9.17) is 0 Å². The van der Waals surface area contributed by atoms with Gasteiger partial charge in [-0.1, -0.05) is 204 Å². The molecule has 0 amide bonds. The predicted molar refractivity (Wildman–Crippen MR) is 200 cm³/mol. The monoisotopic (exact) mass is 684 g/mol. The van der Waals surface area contributed by atoms with Crippen LogP contribution in [0.4, 0.5) is 0 Å². The normalized spacial score (nSPS) is 10.5. The number of benzene rings is 6. The Kier molecular flexibility index (Phi) is 12.2. The maximum absolute atomic E-state index is 2.26. The van der Waals surface area contributed by atoms with Gasteiger partial charge in [-0.15, -0.1) is 0 Å². The van der Waals surface area contributed by atoms with E-state index in [1.54, 1.807) is 0 Å². The Balaban J connectivity index is 0.000000188. The minimum absolute atomic E-state index is 0. The first-order chi connectivity index (χ1) is 21.9. The molecule has 0 fully saturated rings. The van der Waals surface area contributed by atoms with Crippen LogP contribution in [0.15, 0.2) is 170 Å². The predicted octanol–water partition coefficient (Wildman–Crippen LogP) is 8.85. The maximum atomic E-state index is 2.26. The summed E-state index contributed by atoms with van der Waals surface area (Å²) in [6.07, 6.45) is -1.22. The average molecular weight is 684 g/mol. The molecule has 0 N–H and O–H groups in total. The molecular weight excluding hydrogens is 640 g/mol. The standard InChI is InChI=1S/C24H20B.C10H8.C10H15.Ru/c1-5-13-21(14-6-1)25(22-15-7-2-8-16-22,23-17-9-3-10-18-23)24-19-11-4-12-20-24;1-2-6-10-8-4-3-7-9(10)5-1;1-6-7(2)9(4)10(5)8(6)3;/h1-20H;1-8H;1-5H3;/q-1;;-1;+1. The van der Waals surface area contributed by atoms with Crippen molar-refractivity contribution in [3.05, 3.63) is 198 Å². The van der Waals surface area contributed by atoms with E-state index in [-0.39, 0.29) is 19.5 Å². The van der Waals surface area contributed by atoms with Crippen LogP contribution >= 0.6 is 0 Å². The second-order valence-electron chi connectivity index (χ2n) is 12.0. The Hall–Kier alpha value is -4.38. The van der Waals surface area contributed by atoms with Gasteiger partial charge in [0, 0.05) is 0 Å². The number of hydrogen-bond acceptors (Lipinski definition) is 0. The van der Waals surface area contributed by atoms with E-state index in [9.17, 15) is 0 Å². The topological polar surface area (TPSA) is 0 Å². The van der Waals surface area contributed by atoms with Gasteiger partial charge in [-0.25, -0.2) is 0 Å². The minimum atomic E-state index is -1.22. The van der Waals surface area contributed by atoms with Crippen LogP contribution in [0.1, 0.15) is 27.8 Å². The first-order valence-electron chi connectivity index (χ1n) is 16.0. The first-order valence-corrected chi connectivity index (χ1v) is 16.0. The van der Waals surface area contributed by atoms with Gasteiger partial charge >= 0.3 is 19.5 Å². The molecule has 1 radical (unpaired) electrons. The summed E-state index contributed by atoms with van der Waals surface area (Å²) in [5, 5.41) is 2.62. The summed E-state index contributed by atoms with van der Waals surface area (Å²) in [5.41, 5.74) is 12.7. The third-order valence-corrected chi connectivity index (χ3v) is 9.67. The van der Waals surface area contributed by atoms with Crippen molar-refractivity contribution >= 4 is 38.8 Å². The Morgan fingerprint density at radius 1 is 0.348 bits per heavy atom. The smallest absolute Gasteiger partial charge is 0.196 e. The van der Waals surface area contributed by atoms with Gasteiger partial charge in [0.2, 0.25) is 0 Å². The molecule has 7 rings (SSSR count). The van der Waals surface area contributed by atoms with Crippen LogP contribution in [0.25, 0.3) is 10.8 Å². The zero-order valence-corrected chi connectivity index (χ0v) is 29.3. The van der Waals surface area contributed by atoms with Crippen molar-refractivity contribution in [3.63, 3.8) is 0 Å². The molecule has 0 spiro atoms. The van der Waals surface area contributed by atoms with Gasteiger partial charge in [-0.2, -0.15) is 49.7 Å². The summed E-state index contributed by atoms with van der Waals surface area (Å²) in [5.74, 6) is 0. The third kappa shape index (κ3) is 7.36. The van der Waals surface area contributed by atoms with E-state index in [2.05, 4.69) is 204 Å². The second-order valence-corrected chi connectivity index (χ2v) is 12.0. The average Bonchev–Trinajstić information content (AvgIpc) is 3.28. The van der Waals surface area contributed by atoms with Gasteiger partial charge < -0.3 is 0 Å². The molecule has 0 bridgehead atoms. The van der Waals surface area contributed by atoms with Crippen LogP contribution in [0.5, 0.6) is 0 Å². The molecule has 0 nitrogen and oxygen atoms in total. The van der Waals surface area contributed by atoms with Gasteiger partial charge in [0.25, 0.3) is 0 Å². The van der Waals surface area contributed by atoms with Crippen molar-refractivity contribution < 1.29 is 19.5 Å². The Morgan fingerprint density at radius 2 is 0.565 bits per heavy atom. The largest absolute Gasteiger partial charge is 1.00 e. The maximum Gasteiger partial charge on any atom is 1.00 e. The molecule has 46 heavy (non-hydrogen) atoms. The van der Waals surface area contributed by atoms with Gasteiger partial charge in [0.1, 0.15) is 6.15 Å². The van der Waals surface area contributed by atoms with Crippen LogP contribution in [0, 0.1) is 34.6 Å². The summed E-state index contributed by atoms with van der Waals surface area (Å²) in [6, 6.07) is 60.2. The second kappa shape index (κ2) is 16.3. The fourth-order valence-electron chi connectivity index (χ4n) is 6.66. The molecule has 0 aliphatic rings. The van der Waals surface area contributed by atoms with Crippen molar-refractivity contribution in [2.45, 2.75) is 34.6 Å². The fourth-order valence-corrected chi connectivity index (χ4v) is 6.66. The first kappa shape index (κ1) is 34.5. The minimum Gasteiger partial charge on any atom is -0.196 e. The fraction of sp³-hybridized carbons (Fsp3) is 0.114. The van der Waals surface area contributed by atoms with Crippen LogP contribution < -0.4 is 21.9 Å². The summed E-state index contributed by atoms with van der Waals surface area (Å²) in [7, 11) is 0. The molecule has 0 aliphatic heterocycles. The van der Waals surface area contributed by atoms with Crippen molar-refractivity contribution in [1.82, 2.24) is 0 Å². The zero-order valence-electron chi connectivity index (χ0n) is 27.6. The molecule has 7 aromatic rings. The summed E-state index contributed by atoms with van der Waals surface area (Å²) < 4.78 is 0. The molecule has 2 heteroatoms. The number of rotatable bonds is 4. The molecule has 0 heterocycles. The van der Waals surface area contributed by atoms with E-state index in [0.717, 1.165) is 0 Å². The summed E-state index contributed by atoms with van der Waals surface area (Å²) >= 11 is 0. The molecule has 0 aromatic heterocycles. The summed E-state index contributed by atoms with van der Waals surface area (Å²) in [6.45, 7) is 11.0. The van der Waals surface area contributed by atoms with Crippen molar-refractivity contribution in [3.8, 4) is 0 Å². The van der Waals surface area contributed by atoms with E-state index < -0.39 is 6.15 Å². The number of fused-ring (bicyclic) bond motifs is 1. The quantitative estimate of drug-likeness (QED) is 0.129. The van der Waals surface area contributed by atoms with Crippen LogP contribution in [-0.2, 0) is 19.5 Å². The van der Waals surface area contributed by atoms with Crippen LogP contribution in [0.3, 0.4) is 0 Å². The van der Waals surface area contributed by atoms with Crippen molar-refractivity contribution in [2.75, 3.05) is 0 Å². The Bertz CT molecular complexity index is 1620. The molecular formula is C44H43BRu-. The van der Waals surface area contributed by atoms with Crippen molar-refractivity contribution in [2.24, 2.45) is 0 Å². The molecule has 0 atom stereocenters. The molecule has 0 saturated heterocycles. The van der Waals surface area contributed by atoms with Crippen LogP contribution in [-0.4, -0.2) is 6.15 Å². The van der Waals surface area contributed by atoms with Crippen LogP contribution in [0.2, 0.25) is 0 Å². The van der Waals surface area contributed by atoms with Gasteiger partial charge in [-0.3, -0.25) is 0 Å². The molecule has 0 aliphatic carbocycles. The van der Waals surface area contributed by atoms with E-state index in [1.807, 2.05) is 0 Å². The Morgan fingerprint density at radius 3 is 0.761 bits per heavy atom. The van der Waals surface area contributed by atoms with Gasteiger partial charge in [0.05, 0.1) is 0 Å². The van der Waals surface area contributed by atoms with E-state index in [1.165, 1.54) is 60.4 Å². The molecule has 7 aromatic carbocycles. The zero-order chi connectivity index (χ0) is 31.6. The number of hydrogen-bond donors (Lipinski definition) is 0. The third-order valence-electron chi connectivity index (χ3n) is 9.67. The van der Waals surface area contributed by atoms with Crippen molar-refractivity contribution in [1.29, 1.82) is 0 Å². The molecule has 231 valence electrons. The SMILES string of the molecule is Cc1c(C)c(C)[c-](C)c1C.[Ru+].c1ccc([B-](c2ccccc2)(c2ccccc2)c2ccccc2)cc1.c1ccc2ccccc2c1. The molecule has 0 saturated carbocycles. The van der Waals surface area contributed by atoms with Gasteiger partial charge in [0.15, 0.2) is 0 Å². The summed E-state index contributed by atoms with van der Waals surface area (Å²) in [4.78, 5) is 0. The van der Waals surface area contributed by atoms with E-state index >= 15 is 0 Å². The Labute approximate surface area is 289 Å².